The van der Waals surface area contributed by atoms with Gasteiger partial charge in [0.05, 0.1) is 10.7 Å². The van der Waals surface area contributed by atoms with E-state index in [1.165, 1.54) is 0 Å². The maximum absolute atomic E-state index is 8.98. The Morgan fingerprint density at radius 3 is 2.62 bits per heavy atom. The van der Waals surface area contributed by atoms with Crippen LogP contribution in [0.2, 0.25) is 5.02 Å². The lowest BCUT2D eigenvalue weighted by Crippen LogP contribution is -1.96. The van der Waals surface area contributed by atoms with Crippen LogP contribution in [0.5, 0.6) is 0 Å². The van der Waals surface area contributed by atoms with Gasteiger partial charge in [0.25, 0.3) is 0 Å². The van der Waals surface area contributed by atoms with Gasteiger partial charge in [-0.05, 0) is 19.1 Å². The molecule has 0 radical (unpaired) electrons. The number of imidazole rings is 1. The summed E-state index contributed by atoms with van der Waals surface area (Å²) >= 11 is 6.10. The number of benzene rings is 1. The van der Waals surface area contributed by atoms with Crippen molar-refractivity contribution in [1.82, 2.24) is 9.55 Å². The molecule has 2 aromatic rings. The van der Waals surface area contributed by atoms with Crippen LogP contribution in [-0.4, -0.2) is 9.55 Å². The molecule has 0 saturated carbocycles. The quantitative estimate of drug-likeness (QED) is 0.757. The normalized spacial score (nSPS) is 10.1. The first kappa shape index (κ1) is 10.7. The van der Waals surface area contributed by atoms with Crippen molar-refractivity contribution >= 4 is 11.6 Å². The predicted octanol–water partition coefficient (Wildman–Crippen LogP) is 2.92. The Bertz CT molecular complexity index is 578. The Hall–Kier alpha value is -1.79. The van der Waals surface area contributed by atoms with Crippen LogP contribution < -0.4 is 0 Å². The van der Waals surface area contributed by atoms with E-state index in [0.717, 1.165) is 17.1 Å². The average Bonchev–Trinajstić information content (AvgIpc) is 2.55. The van der Waals surface area contributed by atoms with E-state index in [1.807, 2.05) is 38.2 Å². The molecule has 0 unspecified atom stereocenters. The summed E-state index contributed by atoms with van der Waals surface area (Å²) in [5, 5.41) is 9.62. The molecular formula is C12H10ClN3. The third kappa shape index (κ3) is 1.58. The van der Waals surface area contributed by atoms with Gasteiger partial charge in [0.15, 0.2) is 0 Å². The SMILES string of the molecule is Cc1nc(-c2ccccc2Cl)n(C)c1C#N. The first-order valence-corrected chi connectivity index (χ1v) is 5.21. The van der Waals surface area contributed by atoms with Crippen LogP contribution >= 0.6 is 11.6 Å². The van der Waals surface area contributed by atoms with Crippen molar-refractivity contribution in [3.63, 3.8) is 0 Å². The fraction of sp³-hybridized carbons (Fsp3) is 0.167. The van der Waals surface area contributed by atoms with E-state index in [9.17, 15) is 0 Å². The maximum Gasteiger partial charge on any atom is 0.143 e. The fourth-order valence-electron chi connectivity index (χ4n) is 1.67. The number of nitriles is 1. The molecule has 0 aliphatic heterocycles. The number of aryl methyl sites for hydroxylation is 1. The Labute approximate surface area is 98.9 Å². The van der Waals surface area contributed by atoms with Gasteiger partial charge in [-0.25, -0.2) is 4.98 Å². The average molecular weight is 232 g/mol. The molecule has 4 heteroatoms. The number of hydrogen-bond acceptors (Lipinski definition) is 2. The van der Waals surface area contributed by atoms with Crippen molar-refractivity contribution in [3.8, 4) is 17.5 Å². The number of aromatic nitrogens is 2. The van der Waals surface area contributed by atoms with E-state index in [1.54, 1.807) is 4.57 Å². The van der Waals surface area contributed by atoms with Crippen LogP contribution in [0.25, 0.3) is 11.4 Å². The van der Waals surface area contributed by atoms with Gasteiger partial charge < -0.3 is 4.57 Å². The highest BCUT2D eigenvalue weighted by atomic mass is 35.5. The molecular weight excluding hydrogens is 222 g/mol. The molecule has 1 aromatic carbocycles. The van der Waals surface area contributed by atoms with Gasteiger partial charge in [-0.15, -0.1) is 0 Å². The minimum Gasteiger partial charge on any atom is -0.319 e. The first-order valence-electron chi connectivity index (χ1n) is 4.83. The Balaban J connectivity index is 2.68. The summed E-state index contributed by atoms with van der Waals surface area (Å²) in [6.45, 7) is 1.82. The summed E-state index contributed by atoms with van der Waals surface area (Å²) < 4.78 is 1.76. The summed E-state index contributed by atoms with van der Waals surface area (Å²) in [7, 11) is 1.82. The molecule has 2 rings (SSSR count). The van der Waals surface area contributed by atoms with Crippen LogP contribution in [0.4, 0.5) is 0 Å². The molecule has 0 amide bonds. The van der Waals surface area contributed by atoms with Gasteiger partial charge in [0, 0.05) is 12.6 Å². The molecule has 0 aliphatic rings. The summed E-state index contributed by atoms with van der Waals surface area (Å²) in [6.07, 6.45) is 0. The maximum atomic E-state index is 8.98. The highest BCUT2D eigenvalue weighted by Gasteiger charge is 2.14. The topological polar surface area (TPSA) is 41.6 Å². The molecule has 16 heavy (non-hydrogen) atoms. The third-order valence-corrected chi connectivity index (χ3v) is 2.82. The lowest BCUT2D eigenvalue weighted by atomic mass is 10.2. The minimum absolute atomic E-state index is 0.565. The molecule has 0 fully saturated rings. The Morgan fingerprint density at radius 1 is 1.38 bits per heavy atom. The molecule has 3 nitrogen and oxygen atoms in total. The number of nitrogens with zero attached hydrogens (tertiary/aromatic N) is 3. The fourth-order valence-corrected chi connectivity index (χ4v) is 1.90. The van der Waals surface area contributed by atoms with E-state index in [0.29, 0.717) is 10.7 Å². The van der Waals surface area contributed by atoms with Gasteiger partial charge in [-0.3, -0.25) is 0 Å². The van der Waals surface area contributed by atoms with E-state index in [2.05, 4.69) is 11.1 Å². The monoisotopic (exact) mass is 231 g/mol. The van der Waals surface area contributed by atoms with Gasteiger partial charge in [-0.2, -0.15) is 5.26 Å². The number of rotatable bonds is 1. The van der Waals surface area contributed by atoms with Crippen molar-refractivity contribution < 1.29 is 0 Å². The zero-order chi connectivity index (χ0) is 11.7. The molecule has 1 aromatic heterocycles. The third-order valence-electron chi connectivity index (χ3n) is 2.49. The molecule has 0 saturated heterocycles. The smallest absolute Gasteiger partial charge is 0.143 e. The minimum atomic E-state index is 0.565. The Morgan fingerprint density at radius 2 is 2.06 bits per heavy atom. The molecule has 80 valence electrons. The lowest BCUT2D eigenvalue weighted by Gasteiger charge is -2.03. The molecule has 0 bridgehead atoms. The van der Waals surface area contributed by atoms with Gasteiger partial charge >= 0.3 is 0 Å². The van der Waals surface area contributed by atoms with Crippen LogP contribution in [-0.2, 0) is 7.05 Å². The second kappa shape index (κ2) is 3.99. The van der Waals surface area contributed by atoms with Crippen LogP contribution in [0, 0.1) is 18.3 Å². The van der Waals surface area contributed by atoms with Gasteiger partial charge in [-0.1, -0.05) is 23.7 Å². The summed E-state index contributed by atoms with van der Waals surface area (Å²) in [4.78, 5) is 4.37. The van der Waals surface area contributed by atoms with Crippen LogP contribution in [0.1, 0.15) is 11.4 Å². The summed E-state index contributed by atoms with van der Waals surface area (Å²) in [5.41, 5.74) is 2.13. The molecule has 0 aliphatic carbocycles. The Kier molecular flexibility index (Phi) is 2.67. The zero-order valence-corrected chi connectivity index (χ0v) is 9.78. The standard InChI is InChI=1S/C12H10ClN3/c1-8-11(7-14)16(2)12(15-8)9-5-3-4-6-10(9)13/h3-6H,1-2H3. The predicted molar refractivity (Wildman–Crippen MR) is 63.1 cm³/mol. The molecule has 0 spiro atoms. The number of halogens is 1. The van der Waals surface area contributed by atoms with E-state index >= 15 is 0 Å². The van der Waals surface area contributed by atoms with Crippen molar-refractivity contribution in [2.45, 2.75) is 6.92 Å². The van der Waals surface area contributed by atoms with E-state index in [4.69, 9.17) is 16.9 Å². The second-order valence-electron chi connectivity index (χ2n) is 3.52. The molecule has 0 atom stereocenters. The van der Waals surface area contributed by atoms with E-state index in [-0.39, 0.29) is 0 Å². The molecule has 1 heterocycles. The highest BCUT2D eigenvalue weighted by Crippen LogP contribution is 2.27. The summed E-state index contributed by atoms with van der Waals surface area (Å²) in [5.74, 6) is 0.722. The van der Waals surface area contributed by atoms with Crippen molar-refractivity contribution in [2.24, 2.45) is 7.05 Å². The van der Waals surface area contributed by atoms with Gasteiger partial charge in [0.1, 0.15) is 17.6 Å². The zero-order valence-electron chi connectivity index (χ0n) is 9.03. The number of hydrogen-bond donors (Lipinski definition) is 0. The van der Waals surface area contributed by atoms with Crippen LogP contribution in [0.15, 0.2) is 24.3 Å². The molecule has 0 N–H and O–H groups in total. The summed E-state index contributed by atoms with van der Waals surface area (Å²) in [6, 6.07) is 9.61. The highest BCUT2D eigenvalue weighted by molar-refractivity contribution is 6.33. The lowest BCUT2D eigenvalue weighted by molar-refractivity contribution is 0.906. The first-order chi connectivity index (χ1) is 7.65. The van der Waals surface area contributed by atoms with Gasteiger partial charge in [0.2, 0.25) is 0 Å². The van der Waals surface area contributed by atoms with Crippen molar-refractivity contribution in [2.75, 3.05) is 0 Å². The van der Waals surface area contributed by atoms with Crippen molar-refractivity contribution in [3.05, 3.63) is 40.7 Å². The largest absolute Gasteiger partial charge is 0.319 e. The van der Waals surface area contributed by atoms with E-state index < -0.39 is 0 Å². The van der Waals surface area contributed by atoms with Crippen LogP contribution in [0.3, 0.4) is 0 Å². The van der Waals surface area contributed by atoms with Crippen molar-refractivity contribution in [1.29, 1.82) is 5.26 Å². The second-order valence-corrected chi connectivity index (χ2v) is 3.93.